The van der Waals surface area contributed by atoms with Gasteiger partial charge in [-0.3, -0.25) is 0 Å². The van der Waals surface area contributed by atoms with Crippen molar-refractivity contribution in [3.05, 3.63) is 77.9 Å². The van der Waals surface area contributed by atoms with E-state index in [0.717, 1.165) is 24.2 Å². The van der Waals surface area contributed by atoms with Crippen molar-refractivity contribution < 1.29 is 19.4 Å². The van der Waals surface area contributed by atoms with Crippen molar-refractivity contribution in [2.75, 3.05) is 24.6 Å². The number of aromatic carboxylic acids is 1. The normalized spacial score (nSPS) is 22.2. The number of benzene rings is 2. The number of anilines is 1. The van der Waals surface area contributed by atoms with E-state index in [2.05, 4.69) is 30.5 Å². The summed E-state index contributed by atoms with van der Waals surface area (Å²) >= 11 is 0. The van der Waals surface area contributed by atoms with Crippen LogP contribution in [0.1, 0.15) is 46.9 Å². The Balaban J connectivity index is 1.85. The van der Waals surface area contributed by atoms with Crippen molar-refractivity contribution >= 4 is 17.7 Å². The van der Waals surface area contributed by atoms with Crippen molar-refractivity contribution in [1.82, 2.24) is 4.90 Å². The van der Waals surface area contributed by atoms with Crippen LogP contribution in [0.5, 0.6) is 0 Å². The zero-order valence-electron chi connectivity index (χ0n) is 17.0. The predicted molar refractivity (Wildman–Crippen MR) is 115 cm³/mol. The van der Waals surface area contributed by atoms with Crippen LogP contribution in [-0.2, 0) is 4.74 Å². The number of carbonyl (C=O) groups is 2. The molecule has 0 radical (unpaired) electrons. The molecule has 3 atom stereocenters. The standard InChI is InChI=1S/C24H26N2O4/c1-3-14-30-24(29)26-13-12-18-21(16-8-6-5-7-9-16)25(4-2)20-11-10-17(23(27)28)15-19(20)22(18)26/h3,5-11,15,18,21-22H,1,4,12-14H2,2H3,(H,27,28)/t18?,21?,22-/m0/s1. The molecule has 1 N–H and O–H groups in total. The fraction of sp³-hybridized carbons (Fsp3) is 0.333. The third-order valence-electron chi connectivity index (χ3n) is 6.13. The second-order valence-electron chi connectivity index (χ2n) is 7.68. The maximum Gasteiger partial charge on any atom is 0.410 e. The Hall–Kier alpha value is -3.28. The molecule has 30 heavy (non-hydrogen) atoms. The Morgan fingerprint density at radius 2 is 1.97 bits per heavy atom. The molecule has 2 unspecified atom stereocenters. The van der Waals surface area contributed by atoms with Gasteiger partial charge in [0.25, 0.3) is 0 Å². The minimum Gasteiger partial charge on any atom is -0.478 e. The molecular formula is C24H26N2O4. The lowest BCUT2D eigenvalue weighted by Crippen LogP contribution is -2.43. The largest absolute Gasteiger partial charge is 0.478 e. The van der Waals surface area contributed by atoms with E-state index in [1.807, 2.05) is 24.3 Å². The Bertz CT molecular complexity index is 959. The fourth-order valence-corrected chi connectivity index (χ4v) is 4.97. The van der Waals surface area contributed by atoms with Gasteiger partial charge in [0.2, 0.25) is 0 Å². The molecule has 0 bridgehead atoms. The number of carboxylic acid groups (broad SMARTS) is 1. The quantitative estimate of drug-likeness (QED) is 0.732. The Kier molecular flexibility index (Phi) is 5.48. The third-order valence-corrected chi connectivity index (χ3v) is 6.13. The first-order valence-electron chi connectivity index (χ1n) is 10.3. The highest BCUT2D eigenvalue weighted by atomic mass is 16.6. The van der Waals surface area contributed by atoms with Gasteiger partial charge in [0.05, 0.1) is 17.6 Å². The lowest BCUT2D eigenvalue weighted by molar-refractivity contribution is 0.0696. The molecule has 2 aliphatic heterocycles. The van der Waals surface area contributed by atoms with E-state index in [1.165, 1.54) is 5.56 Å². The summed E-state index contributed by atoms with van der Waals surface area (Å²) in [6.07, 6.45) is 1.99. The summed E-state index contributed by atoms with van der Waals surface area (Å²) < 4.78 is 5.35. The molecule has 2 heterocycles. The number of amides is 1. The summed E-state index contributed by atoms with van der Waals surface area (Å²) in [6.45, 7) is 7.22. The minimum absolute atomic E-state index is 0.0987. The number of likely N-dealkylation sites (tertiary alicyclic amines) is 1. The fourth-order valence-electron chi connectivity index (χ4n) is 4.97. The molecule has 2 aliphatic rings. The van der Waals surface area contributed by atoms with Crippen LogP contribution < -0.4 is 4.90 Å². The number of carboxylic acids is 1. The van der Waals surface area contributed by atoms with Gasteiger partial charge in [0.1, 0.15) is 6.61 Å². The average molecular weight is 406 g/mol. The number of carbonyl (C=O) groups excluding carboxylic acids is 1. The monoisotopic (exact) mass is 406 g/mol. The van der Waals surface area contributed by atoms with Gasteiger partial charge in [-0.05, 0) is 42.7 Å². The number of rotatable bonds is 5. The summed E-state index contributed by atoms with van der Waals surface area (Å²) in [4.78, 5) is 28.5. The molecule has 0 aromatic heterocycles. The third kappa shape index (κ3) is 3.32. The van der Waals surface area contributed by atoms with Crippen LogP contribution in [0.25, 0.3) is 0 Å². The molecule has 6 nitrogen and oxygen atoms in total. The maximum atomic E-state index is 12.8. The van der Waals surface area contributed by atoms with Crippen LogP contribution in [0, 0.1) is 5.92 Å². The molecule has 4 rings (SSSR count). The van der Waals surface area contributed by atoms with Gasteiger partial charge < -0.3 is 19.6 Å². The van der Waals surface area contributed by atoms with E-state index < -0.39 is 5.97 Å². The Morgan fingerprint density at radius 3 is 2.63 bits per heavy atom. The number of fused-ring (bicyclic) bond motifs is 3. The SMILES string of the molecule is C=CCOC(=O)N1CCC2C(c3ccccc3)N(CC)c3ccc(C(=O)O)cc3[C@H]21. The molecule has 1 saturated heterocycles. The van der Waals surface area contributed by atoms with Crippen LogP contribution in [0.15, 0.2) is 61.2 Å². The minimum atomic E-state index is -0.971. The van der Waals surface area contributed by atoms with E-state index in [-0.39, 0.29) is 36.3 Å². The van der Waals surface area contributed by atoms with Crippen molar-refractivity contribution in [2.45, 2.75) is 25.4 Å². The van der Waals surface area contributed by atoms with Crippen LogP contribution in [0.3, 0.4) is 0 Å². The summed E-state index contributed by atoms with van der Waals surface area (Å²) in [6, 6.07) is 15.4. The average Bonchev–Trinajstić information content (AvgIpc) is 3.21. The first-order valence-corrected chi connectivity index (χ1v) is 10.3. The second-order valence-corrected chi connectivity index (χ2v) is 7.68. The molecule has 0 saturated carbocycles. The first-order chi connectivity index (χ1) is 14.6. The van der Waals surface area contributed by atoms with E-state index in [0.29, 0.717) is 6.54 Å². The molecule has 6 heteroatoms. The van der Waals surface area contributed by atoms with Crippen LogP contribution in [0.2, 0.25) is 0 Å². The summed E-state index contributed by atoms with van der Waals surface area (Å²) in [7, 11) is 0. The van der Waals surface area contributed by atoms with Crippen LogP contribution >= 0.6 is 0 Å². The zero-order chi connectivity index (χ0) is 21.3. The maximum absolute atomic E-state index is 12.8. The van der Waals surface area contributed by atoms with Gasteiger partial charge in [-0.25, -0.2) is 9.59 Å². The van der Waals surface area contributed by atoms with E-state index in [9.17, 15) is 14.7 Å². The van der Waals surface area contributed by atoms with Gasteiger partial charge in [-0.1, -0.05) is 43.0 Å². The summed E-state index contributed by atoms with van der Waals surface area (Å²) in [5.41, 5.74) is 3.28. The number of nitrogens with zero attached hydrogens (tertiary/aromatic N) is 2. The Labute approximate surface area is 176 Å². The van der Waals surface area contributed by atoms with Gasteiger partial charge >= 0.3 is 12.1 Å². The lowest BCUT2D eigenvalue weighted by atomic mass is 9.78. The molecule has 2 aromatic carbocycles. The topological polar surface area (TPSA) is 70.1 Å². The number of hydrogen-bond donors (Lipinski definition) is 1. The molecule has 2 aromatic rings. The van der Waals surface area contributed by atoms with Gasteiger partial charge in [0, 0.05) is 24.7 Å². The molecule has 156 valence electrons. The summed E-state index contributed by atoms with van der Waals surface area (Å²) in [5, 5.41) is 9.54. The van der Waals surface area contributed by atoms with E-state index in [1.54, 1.807) is 23.1 Å². The van der Waals surface area contributed by atoms with Gasteiger partial charge in [0.15, 0.2) is 0 Å². The first kappa shape index (κ1) is 20.0. The number of ether oxygens (including phenoxy) is 1. The van der Waals surface area contributed by atoms with E-state index >= 15 is 0 Å². The number of hydrogen-bond acceptors (Lipinski definition) is 4. The zero-order valence-corrected chi connectivity index (χ0v) is 17.0. The van der Waals surface area contributed by atoms with E-state index in [4.69, 9.17) is 4.74 Å². The second kappa shape index (κ2) is 8.22. The van der Waals surface area contributed by atoms with Crippen molar-refractivity contribution in [2.24, 2.45) is 5.92 Å². The molecule has 0 aliphatic carbocycles. The molecule has 1 fully saturated rings. The lowest BCUT2D eigenvalue weighted by Gasteiger charge is -2.46. The summed E-state index contributed by atoms with van der Waals surface area (Å²) in [5.74, 6) is -0.832. The predicted octanol–water partition coefficient (Wildman–Crippen LogP) is 4.65. The van der Waals surface area contributed by atoms with Crippen LogP contribution in [-0.4, -0.2) is 41.8 Å². The van der Waals surface area contributed by atoms with Gasteiger partial charge in [-0.2, -0.15) is 0 Å². The van der Waals surface area contributed by atoms with Gasteiger partial charge in [-0.15, -0.1) is 0 Å². The molecular weight excluding hydrogens is 380 g/mol. The molecule has 1 amide bonds. The highest BCUT2D eigenvalue weighted by Gasteiger charge is 2.49. The Morgan fingerprint density at radius 1 is 1.20 bits per heavy atom. The van der Waals surface area contributed by atoms with Crippen molar-refractivity contribution in [1.29, 1.82) is 0 Å². The van der Waals surface area contributed by atoms with Crippen molar-refractivity contribution in [3.8, 4) is 0 Å². The highest BCUT2D eigenvalue weighted by Crippen LogP contribution is 2.54. The smallest absolute Gasteiger partial charge is 0.410 e. The van der Waals surface area contributed by atoms with Crippen molar-refractivity contribution in [3.63, 3.8) is 0 Å². The highest BCUT2D eigenvalue weighted by molar-refractivity contribution is 5.89. The molecule has 0 spiro atoms. The van der Waals surface area contributed by atoms with Crippen LogP contribution in [0.4, 0.5) is 10.5 Å².